The molecule has 1 aliphatic rings. The molecule has 0 bridgehead atoms. The SMILES string of the molecule is COC(=O)C(COc1ccccc1C)C1CCN(C(C)C)CC1. The van der Waals surface area contributed by atoms with Crippen molar-refractivity contribution in [3.8, 4) is 5.75 Å². The molecule has 1 fully saturated rings. The van der Waals surface area contributed by atoms with Crippen molar-refractivity contribution in [2.75, 3.05) is 26.8 Å². The Morgan fingerprint density at radius 2 is 1.91 bits per heavy atom. The van der Waals surface area contributed by atoms with Crippen LogP contribution in [0.4, 0.5) is 0 Å². The Labute approximate surface area is 139 Å². The summed E-state index contributed by atoms with van der Waals surface area (Å²) in [6.45, 7) is 8.94. The van der Waals surface area contributed by atoms with Crippen LogP contribution < -0.4 is 4.74 Å². The Hall–Kier alpha value is -1.55. The molecule has 128 valence electrons. The summed E-state index contributed by atoms with van der Waals surface area (Å²) in [4.78, 5) is 14.7. The molecule has 0 spiro atoms. The maximum atomic E-state index is 12.2. The third-order valence-corrected chi connectivity index (χ3v) is 4.89. The number of rotatable bonds is 6. The number of para-hydroxylation sites is 1. The van der Waals surface area contributed by atoms with E-state index in [1.54, 1.807) is 0 Å². The summed E-state index contributed by atoms with van der Waals surface area (Å²) >= 11 is 0. The molecular weight excluding hydrogens is 290 g/mol. The molecule has 0 radical (unpaired) electrons. The first-order chi connectivity index (χ1) is 11.0. The van der Waals surface area contributed by atoms with E-state index in [2.05, 4.69) is 18.7 Å². The number of likely N-dealkylation sites (tertiary alicyclic amines) is 1. The highest BCUT2D eigenvalue weighted by Crippen LogP contribution is 2.28. The number of esters is 1. The van der Waals surface area contributed by atoms with Crippen LogP contribution in [0.25, 0.3) is 0 Å². The summed E-state index contributed by atoms with van der Waals surface area (Å²) in [7, 11) is 1.46. The highest BCUT2D eigenvalue weighted by molar-refractivity contribution is 5.72. The molecule has 0 saturated carbocycles. The molecule has 1 heterocycles. The standard InChI is InChI=1S/C19H29NO3/c1-14(2)20-11-9-16(10-12-20)17(19(21)22-4)13-23-18-8-6-5-7-15(18)3/h5-8,14,16-17H,9-13H2,1-4H3. The van der Waals surface area contributed by atoms with Crippen LogP contribution in [-0.2, 0) is 9.53 Å². The van der Waals surface area contributed by atoms with Gasteiger partial charge in [-0.25, -0.2) is 0 Å². The van der Waals surface area contributed by atoms with Crippen LogP contribution in [0.2, 0.25) is 0 Å². The fourth-order valence-electron chi connectivity index (χ4n) is 3.28. The van der Waals surface area contributed by atoms with E-state index in [1.165, 1.54) is 7.11 Å². The number of carbonyl (C=O) groups is 1. The summed E-state index contributed by atoms with van der Waals surface area (Å²) in [5, 5.41) is 0. The minimum atomic E-state index is -0.186. The van der Waals surface area contributed by atoms with E-state index in [0.29, 0.717) is 18.6 Å². The number of aryl methyl sites for hydroxylation is 1. The second kappa shape index (κ2) is 8.34. The van der Waals surface area contributed by atoms with E-state index in [9.17, 15) is 4.79 Å². The summed E-state index contributed by atoms with van der Waals surface area (Å²) < 4.78 is 11.0. The Bertz CT molecular complexity index is 507. The largest absolute Gasteiger partial charge is 0.492 e. The number of ether oxygens (including phenoxy) is 2. The van der Waals surface area contributed by atoms with Gasteiger partial charge in [-0.2, -0.15) is 0 Å². The maximum absolute atomic E-state index is 12.2. The molecule has 2 rings (SSSR count). The van der Waals surface area contributed by atoms with Gasteiger partial charge in [-0.05, 0) is 64.3 Å². The van der Waals surface area contributed by atoms with Crippen LogP contribution in [-0.4, -0.2) is 43.7 Å². The zero-order valence-corrected chi connectivity index (χ0v) is 14.7. The van der Waals surface area contributed by atoms with E-state index in [-0.39, 0.29) is 11.9 Å². The Morgan fingerprint density at radius 1 is 1.26 bits per heavy atom. The average Bonchev–Trinajstić information content (AvgIpc) is 2.56. The van der Waals surface area contributed by atoms with Gasteiger partial charge < -0.3 is 14.4 Å². The molecule has 1 unspecified atom stereocenters. The van der Waals surface area contributed by atoms with Crippen molar-refractivity contribution < 1.29 is 14.3 Å². The van der Waals surface area contributed by atoms with Crippen LogP contribution in [0.15, 0.2) is 24.3 Å². The third kappa shape index (κ3) is 4.71. The second-order valence-corrected chi connectivity index (χ2v) is 6.67. The molecule has 0 N–H and O–H groups in total. The summed E-state index contributed by atoms with van der Waals surface area (Å²) in [5.74, 6) is 0.845. The third-order valence-electron chi connectivity index (χ3n) is 4.89. The molecule has 4 nitrogen and oxygen atoms in total. The van der Waals surface area contributed by atoms with Crippen LogP contribution >= 0.6 is 0 Å². The smallest absolute Gasteiger partial charge is 0.312 e. The lowest BCUT2D eigenvalue weighted by Crippen LogP contribution is -2.42. The fraction of sp³-hybridized carbons (Fsp3) is 0.632. The Morgan fingerprint density at radius 3 is 2.48 bits per heavy atom. The lowest BCUT2D eigenvalue weighted by molar-refractivity contribution is -0.149. The normalized spacial score (nSPS) is 18.0. The minimum Gasteiger partial charge on any atom is -0.492 e. The molecule has 1 atom stereocenters. The number of nitrogens with zero attached hydrogens (tertiary/aromatic N) is 1. The maximum Gasteiger partial charge on any atom is 0.312 e. The number of piperidine rings is 1. The monoisotopic (exact) mass is 319 g/mol. The van der Waals surface area contributed by atoms with Crippen LogP contribution in [0.5, 0.6) is 5.75 Å². The van der Waals surface area contributed by atoms with Gasteiger partial charge in [0.05, 0.1) is 13.0 Å². The second-order valence-electron chi connectivity index (χ2n) is 6.67. The summed E-state index contributed by atoms with van der Waals surface area (Å²) in [5.41, 5.74) is 1.09. The predicted octanol–water partition coefficient (Wildman–Crippen LogP) is 3.28. The van der Waals surface area contributed by atoms with Crippen molar-refractivity contribution in [3.05, 3.63) is 29.8 Å². The van der Waals surface area contributed by atoms with Gasteiger partial charge in [-0.1, -0.05) is 18.2 Å². The molecule has 1 aromatic carbocycles. The van der Waals surface area contributed by atoms with Crippen molar-refractivity contribution in [1.29, 1.82) is 0 Å². The fourth-order valence-corrected chi connectivity index (χ4v) is 3.28. The highest BCUT2D eigenvalue weighted by Gasteiger charge is 2.33. The van der Waals surface area contributed by atoms with Crippen molar-refractivity contribution in [2.24, 2.45) is 11.8 Å². The highest BCUT2D eigenvalue weighted by atomic mass is 16.5. The zero-order valence-electron chi connectivity index (χ0n) is 14.7. The number of hydrogen-bond donors (Lipinski definition) is 0. The van der Waals surface area contributed by atoms with E-state index in [4.69, 9.17) is 9.47 Å². The van der Waals surface area contributed by atoms with Crippen molar-refractivity contribution >= 4 is 5.97 Å². The molecule has 1 aliphatic heterocycles. The van der Waals surface area contributed by atoms with Gasteiger partial charge in [0.2, 0.25) is 0 Å². The Balaban J connectivity index is 1.98. The number of hydrogen-bond acceptors (Lipinski definition) is 4. The zero-order chi connectivity index (χ0) is 16.8. The minimum absolute atomic E-state index is 0.151. The van der Waals surface area contributed by atoms with Gasteiger partial charge in [0, 0.05) is 6.04 Å². The molecule has 23 heavy (non-hydrogen) atoms. The molecular formula is C19H29NO3. The van der Waals surface area contributed by atoms with Crippen molar-refractivity contribution in [1.82, 2.24) is 4.90 Å². The topological polar surface area (TPSA) is 38.8 Å². The lowest BCUT2D eigenvalue weighted by Gasteiger charge is -2.37. The van der Waals surface area contributed by atoms with Crippen LogP contribution in [0.1, 0.15) is 32.3 Å². The quantitative estimate of drug-likeness (QED) is 0.754. The first kappa shape index (κ1) is 17.8. The van der Waals surface area contributed by atoms with Crippen LogP contribution in [0.3, 0.4) is 0 Å². The molecule has 1 aromatic rings. The lowest BCUT2D eigenvalue weighted by atomic mass is 9.84. The van der Waals surface area contributed by atoms with E-state index in [1.807, 2.05) is 31.2 Å². The molecule has 0 aliphatic carbocycles. The number of carbonyl (C=O) groups excluding carboxylic acids is 1. The Kier molecular flexibility index (Phi) is 6.46. The van der Waals surface area contributed by atoms with Crippen LogP contribution in [0, 0.1) is 18.8 Å². The summed E-state index contributed by atoms with van der Waals surface area (Å²) in [6, 6.07) is 8.48. The van der Waals surface area contributed by atoms with Gasteiger partial charge in [0.25, 0.3) is 0 Å². The van der Waals surface area contributed by atoms with Gasteiger partial charge >= 0.3 is 5.97 Å². The van der Waals surface area contributed by atoms with Crippen molar-refractivity contribution in [2.45, 2.75) is 39.7 Å². The van der Waals surface area contributed by atoms with E-state index >= 15 is 0 Å². The van der Waals surface area contributed by atoms with Gasteiger partial charge in [0.1, 0.15) is 12.4 Å². The number of methoxy groups -OCH3 is 1. The first-order valence-corrected chi connectivity index (χ1v) is 8.53. The van der Waals surface area contributed by atoms with Gasteiger partial charge in [-0.15, -0.1) is 0 Å². The van der Waals surface area contributed by atoms with E-state index < -0.39 is 0 Å². The molecule has 4 heteroatoms. The molecule has 0 aromatic heterocycles. The van der Waals surface area contributed by atoms with Crippen molar-refractivity contribution in [3.63, 3.8) is 0 Å². The molecule has 1 saturated heterocycles. The predicted molar refractivity (Wildman–Crippen MR) is 91.6 cm³/mol. The van der Waals surface area contributed by atoms with Gasteiger partial charge in [0.15, 0.2) is 0 Å². The van der Waals surface area contributed by atoms with E-state index in [0.717, 1.165) is 37.2 Å². The average molecular weight is 319 g/mol. The van der Waals surface area contributed by atoms with Gasteiger partial charge in [-0.3, -0.25) is 4.79 Å². The first-order valence-electron chi connectivity index (χ1n) is 8.53. The number of benzene rings is 1. The molecule has 0 amide bonds. The summed E-state index contributed by atoms with van der Waals surface area (Å²) in [6.07, 6.45) is 2.05.